The Morgan fingerprint density at radius 3 is 2.88 bits per heavy atom. The zero-order valence-corrected chi connectivity index (χ0v) is 3.94. The molecule has 0 aromatic rings. The zero-order chi connectivity index (χ0) is 6.41. The molecule has 0 bridgehead atoms. The maximum absolute atomic E-state index is 9.94. The van der Waals surface area contributed by atoms with Crippen LogP contribution < -0.4 is 0 Å². The molecule has 0 unspecified atom stereocenters. The van der Waals surface area contributed by atoms with Gasteiger partial charge in [-0.3, -0.25) is 9.59 Å². The number of rotatable bonds is 3. The Kier molecular flexibility index (Phi) is 3.18. The molecular weight excluding hydrogens is 110 g/mol. The summed E-state index contributed by atoms with van der Waals surface area (Å²) in [5.41, 5.74) is 7.60. The SMILES string of the molecule is [N-]=[N+]=NCC(=O)C=O. The van der Waals surface area contributed by atoms with Crippen LogP contribution in [0, 0.1) is 0 Å². The number of ketones is 1. The third-order valence-electron chi connectivity index (χ3n) is 0.421. The van der Waals surface area contributed by atoms with Gasteiger partial charge in [0.2, 0.25) is 5.78 Å². The first kappa shape index (κ1) is 6.65. The predicted octanol–water partition coefficient (Wildman–Crippen LogP) is 0.0647. The van der Waals surface area contributed by atoms with Gasteiger partial charge in [-0.2, -0.15) is 0 Å². The molecule has 0 spiro atoms. The number of carbonyl (C=O) groups is 2. The Morgan fingerprint density at radius 2 is 2.50 bits per heavy atom. The van der Waals surface area contributed by atoms with Crippen molar-refractivity contribution in [3.05, 3.63) is 10.4 Å². The highest BCUT2D eigenvalue weighted by atomic mass is 16.2. The van der Waals surface area contributed by atoms with Crippen LogP contribution in [0.5, 0.6) is 0 Å². The van der Waals surface area contributed by atoms with Crippen molar-refractivity contribution in [2.45, 2.75) is 0 Å². The molecule has 0 atom stereocenters. The van der Waals surface area contributed by atoms with Crippen molar-refractivity contribution in [3.63, 3.8) is 0 Å². The van der Waals surface area contributed by atoms with Gasteiger partial charge in [-0.15, -0.1) is 0 Å². The molecule has 0 N–H and O–H groups in total. The number of Topliss-reactive ketones (excluding diaryl/α,β-unsaturated/α-hetero) is 1. The van der Waals surface area contributed by atoms with E-state index in [1.807, 2.05) is 0 Å². The highest BCUT2D eigenvalue weighted by Gasteiger charge is 1.91. The van der Waals surface area contributed by atoms with Crippen LogP contribution in [-0.4, -0.2) is 18.6 Å². The second kappa shape index (κ2) is 3.83. The number of azide groups is 1. The van der Waals surface area contributed by atoms with E-state index in [1.54, 1.807) is 0 Å². The van der Waals surface area contributed by atoms with Gasteiger partial charge >= 0.3 is 0 Å². The van der Waals surface area contributed by atoms with Crippen LogP contribution in [0.4, 0.5) is 0 Å². The average Bonchev–Trinajstić information content (AvgIpc) is 1.83. The van der Waals surface area contributed by atoms with E-state index in [9.17, 15) is 9.59 Å². The van der Waals surface area contributed by atoms with Gasteiger partial charge in [0, 0.05) is 4.91 Å². The maximum Gasteiger partial charge on any atom is 0.200 e. The molecule has 5 nitrogen and oxygen atoms in total. The summed E-state index contributed by atoms with van der Waals surface area (Å²) in [5.74, 6) is -0.706. The summed E-state index contributed by atoms with van der Waals surface area (Å²) in [7, 11) is 0. The molecule has 0 radical (unpaired) electrons. The normalized spacial score (nSPS) is 7.00. The Hall–Kier alpha value is -1.35. The quantitative estimate of drug-likeness (QED) is 0.170. The van der Waals surface area contributed by atoms with Crippen LogP contribution in [0.3, 0.4) is 0 Å². The van der Waals surface area contributed by atoms with Crippen molar-refractivity contribution in [1.29, 1.82) is 0 Å². The van der Waals surface area contributed by atoms with Gasteiger partial charge in [-0.1, -0.05) is 5.11 Å². The number of hydrogen-bond acceptors (Lipinski definition) is 3. The first-order valence-corrected chi connectivity index (χ1v) is 1.80. The lowest BCUT2D eigenvalue weighted by Gasteiger charge is -1.73. The summed E-state index contributed by atoms with van der Waals surface area (Å²) in [6.07, 6.45) is 0.120. The molecule has 42 valence electrons. The van der Waals surface area contributed by atoms with E-state index in [0.29, 0.717) is 0 Å². The lowest BCUT2D eigenvalue weighted by Crippen LogP contribution is -2.01. The number of aldehydes is 1. The van der Waals surface area contributed by atoms with Crippen molar-refractivity contribution in [3.8, 4) is 0 Å². The molecule has 0 rings (SSSR count). The van der Waals surface area contributed by atoms with Crippen LogP contribution in [-0.2, 0) is 9.59 Å². The lowest BCUT2D eigenvalue weighted by atomic mass is 10.5. The van der Waals surface area contributed by atoms with E-state index in [2.05, 4.69) is 10.0 Å². The largest absolute Gasteiger partial charge is 0.295 e. The van der Waals surface area contributed by atoms with Crippen molar-refractivity contribution in [2.75, 3.05) is 6.54 Å². The molecule has 0 aromatic heterocycles. The monoisotopic (exact) mass is 113 g/mol. The molecular formula is C3H3N3O2. The van der Waals surface area contributed by atoms with Crippen LogP contribution in [0.2, 0.25) is 0 Å². The fourth-order valence-corrected chi connectivity index (χ4v) is 0.139. The molecule has 0 amide bonds. The number of nitrogens with zero attached hydrogens (tertiary/aromatic N) is 3. The molecule has 0 aliphatic rings. The summed E-state index contributed by atoms with van der Waals surface area (Å²) in [6, 6.07) is 0. The smallest absolute Gasteiger partial charge is 0.200 e. The summed E-state index contributed by atoms with van der Waals surface area (Å²) in [6.45, 7) is -0.375. The van der Waals surface area contributed by atoms with Crippen LogP contribution in [0.25, 0.3) is 10.4 Å². The van der Waals surface area contributed by atoms with E-state index in [1.165, 1.54) is 0 Å². The van der Waals surface area contributed by atoms with Crippen molar-refractivity contribution in [2.24, 2.45) is 5.11 Å². The first-order valence-electron chi connectivity index (χ1n) is 1.80. The standard InChI is InChI=1S/C3H3N3O2/c4-6-5-1-3(8)2-7/h2H,1H2. The van der Waals surface area contributed by atoms with Gasteiger partial charge in [0.1, 0.15) is 0 Å². The van der Waals surface area contributed by atoms with E-state index in [0.717, 1.165) is 0 Å². The average molecular weight is 113 g/mol. The lowest BCUT2D eigenvalue weighted by molar-refractivity contribution is -0.128. The zero-order valence-electron chi connectivity index (χ0n) is 3.94. The minimum atomic E-state index is -0.706. The highest BCUT2D eigenvalue weighted by Crippen LogP contribution is 1.69. The van der Waals surface area contributed by atoms with E-state index >= 15 is 0 Å². The summed E-state index contributed by atoms with van der Waals surface area (Å²) in [4.78, 5) is 21.7. The third-order valence-corrected chi connectivity index (χ3v) is 0.421. The summed E-state index contributed by atoms with van der Waals surface area (Å²) in [5, 5.41) is 2.84. The van der Waals surface area contributed by atoms with E-state index < -0.39 is 5.78 Å². The van der Waals surface area contributed by atoms with Crippen molar-refractivity contribution in [1.82, 2.24) is 0 Å². The maximum atomic E-state index is 9.94. The third kappa shape index (κ3) is 2.87. The Labute approximate surface area is 44.9 Å². The summed E-state index contributed by atoms with van der Waals surface area (Å²) >= 11 is 0. The molecule has 0 saturated carbocycles. The van der Waals surface area contributed by atoms with E-state index in [4.69, 9.17) is 5.53 Å². The van der Waals surface area contributed by atoms with Gasteiger partial charge < -0.3 is 0 Å². The van der Waals surface area contributed by atoms with Crippen LogP contribution >= 0.6 is 0 Å². The molecule has 0 saturated heterocycles. The molecule has 0 heterocycles. The topological polar surface area (TPSA) is 82.9 Å². The van der Waals surface area contributed by atoms with Gasteiger partial charge in [-0.25, -0.2) is 0 Å². The fraction of sp³-hybridized carbons (Fsp3) is 0.333. The molecule has 0 aliphatic carbocycles. The van der Waals surface area contributed by atoms with Crippen LogP contribution in [0.1, 0.15) is 0 Å². The second-order valence-electron chi connectivity index (χ2n) is 0.973. The van der Waals surface area contributed by atoms with Gasteiger partial charge in [0.15, 0.2) is 6.29 Å². The predicted molar refractivity (Wildman–Crippen MR) is 25.1 cm³/mol. The summed E-state index contributed by atoms with van der Waals surface area (Å²) < 4.78 is 0. The first-order chi connectivity index (χ1) is 3.81. The minimum absolute atomic E-state index is 0.120. The molecule has 8 heavy (non-hydrogen) atoms. The molecule has 0 fully saturated rings. The highest BCUT2D eigenvalue weighted by molar-refractivity contribution is 6.25. The molecule has 0 aromatic carbocycles. The Bertz CT molecular complexity index is 147. The van der Waals surface area contributed by atoms with Gasteiger partial charge in [0.25, 0.3) is 0 Å². The number of carbonyl (C=O) groups excluding carboxylic acids is 2. The van der Waals surface area contributed by atoms with Crippen LogP contribution in [0.15, 0.2) is 5.11 Å². The van der Waals surface area contributed by atoms with E-state index in [-0.39, 0.29) is 12.8 Å². The molecule has 0 aliphatic heterocycles. The second-order valence-corrected chi connectivity index (χ2v) is 0.973. The Morgan fingerprint density at radius 1 is 1.88 bits per heavy atom. The van der Waals surface area contributed by atoms with Crippen molar-refractivity contribution >= 4 is 12.1 Å². The Balaban J connectivity index is 3.55. The fourth-order valence-electron chi connectivity index (χ4n) is 0.139. The minimum Gasteiger partial charge on any atom is -0.295 e. The number of hydrogen-bond donors (Lipinski definition) is 0. The van der Waals surface area contributed by atoms with Gasteiger partial charge in [-0.05, 0) is 5.53 Å². The van der Waals surface area contributed by atoms with Gasteiger partial charge in [0.05, 0.1) is 6.54 Å². The van der Waals surface area contributed by atoms with Crippen molar-refractivity contribution < 1.29 is 9.59 Å². The molecule has 5 heteroatoms.